The zero-order chi connectivity index (χ0) is 21.2. The third-order valence-corrected chi connectivity index (χ3v) is 7.21. The van der Waals surface area contributed by atoms with Crippen molar-refractivity contribution in [2.45, 2.75) is 30.4 Å². The molecule has 0 saturated carbocycles. The molecule has 31 heavy (non-hydrogen) atoms. The first kappa shape index (κ1) is 19.0. The summed E-state index contributed by atoms with van der Waals surface area (Å²) in [7, 11) is 1.83. The number of amides is 1. The van der Waals surface area contributed by atoms with Gasteiger partial charge in [-0.2, -0.15) is 5.10 Å². The van der Waals surface area contributed by atoms with E-state index in [4.69, 9.17) is 16.3 Å². The van der Waals surface area contributed by atoms with E-state index in [0.717, 1.165) is 30.6 Å². The molecule has 1 aromatic carbocycles. The van der Waals surface area contributed by atoms with Gasteiger partial charge in [0.15, 0.2) is 0 Å². The van der Waals surface area contributed by atoms with Gasteiger partial charge in [0.05, 0.1) is 29.3 Å². The maximum absolute atomic E-state index is 12.8. The van der Waals surface area contributed by atoms with Crippen LogP contribution in [0.1, 0.15) is 35.4 Å². The molecule has 2 fully saturated rings. The molecule has 0 radical (unpaired) electrons. The van der Waals surface area contributed by atoms with Crippen LogP contribution < -0.4 is 5.32 Å². The molecule has 0 bridgehead atoms. The number of nitrogens with one attached hydrogen (secondary N) is 1. The molecule has 2 saturated heterocycles. The lowest BCUT2D eigenvalue weighted by Gasteiger charge is -2.41. The lowest BCUT2D eigenvalue weighted by molar-refractivity contribution is -0.0393. The number of rotatable bonds is 1. The van der Waals surface area contributed by atoms with Gasteiger partial charge in [0.25, 0.3) is 5.91 Å². The highest BCUT2D eigenvalue weighted by Gasteiger charge is 2.54. The van der Waals surface area contributed by atoms with Gasteiger partial charge in [-0.05, 0) is 49.2 Å². The summed E-state index contributed by atoms with van der Waals surface area (Å²) in [6, 6.07) is 12.0. The van der Waals surface area contributed by atoms with Crippen molar-refractivity contribution in [3.63, 3.8) is 0 Å². The number of aryl methyl sites for hydroxylation is 1. The Hall–Kier alpha value is -2.77. The third kappa shape index (κ3) is 2.91. The fourth-order valence-corrected chi connectivity index (χ4v) is 5.60. The molecule has 1 N–H and O–H groups in total. The first-order valence-corrected chi connectivity index (χ1v) is 11.0. The molecule has 3 aliphatic heterocycles. The molecule has 2 spiro atoms. The lowest BCUT2D eigenvalue weighted by Crippen LogP contribution is -2.48. The van der Waals surface area contributed by atoms with Crippen molar-refractivity contribution in [3.05, 3.63) is 65.2 Å². The molecule has 5 heterocycles. The van der Waals surface area contributed by atoms with Gasteiger partial charge in [-0.3, -0.25) is 9.48 Å². The predicted molar refractivity (Wildman–Crippen MR) is 118 cm³/mol. The zero-order valence-electron chi connectivity index (χ0n) is 17.3. The predicted octanol–water partition coefficient (Wildman–Crippen LogP) is 3.58. The van der Waals surface area contributed by atoms with Crippen molar-refractivity contribution in [1.82, 2.24) is 19.2 Å². The van der Waals surface area contributed by atoms with Gasteiger partial charge in [-0.15, -0.1) is 0 Å². The molecule has 0 aliphatic carbocycles. The monoisotopic (exact) mass is 437 g/mol. The van der Waals surface area contributed by atoms with Crippen LogP contribution in [0.15, 0.2) is 48.8 Å². The molecule has 0 unspecified atom stereocenters. The Morgan fingerprint density at radius 2 is 2.03 bits per heavy atom. The Balaban J connectivity index is 1.24. The first-order chi connectivity index (χ1) is 15.0. The van der Waals surface area contributed by atoms with Crippen molar-refractivity contribution >= 4 is 23.2 Å². The van der Waals surface area contributed by atoms with Gasteiger partial charge >= 0.3 is 0 Å². The second-order valence-corrected chi connectivity index (χ2v) is 9.38. The minimum absolute atomic E-state index is 0.00334. The van der Waals surface area contributed by atoms with Crippen molar-refractivity contribution < 1.29 is 9.53 Å². The summed E-state index contributed by atoms with van der Waals surface area (Å²) >= 11 is 6.29. The highest BCUT2D eigenvalue weighted by Crippen LogP contribution is 2.50. The number of piperidine rings is 1. The molecule has 7 nitrogen and oxygen atoms in total. The number of ether oxygens (including phenoxy) is 1. The maximum Gasteiger partial charge on any atom is 0.274 e. The number of anilines is 1. The summed E-state index contributed by atoms with van der Waals surface area (Å²) in [5, 5.41) is 8.74. The van der Waals surface area contributed by atoms with Gasteiger partial charge in [0, 0.05) is 44.0 Å². The van der Waals surface area contributed by atoms with Gasteiger partial charge in [-0.25, -0.2) is 0 Å². The Morgan fingerprint density at radius 3 is 2.81 bits per heavy atom. The number of carbonyl (C=O) groups is 1. The van der Waals surface area contributed by atoms with E-state index < -0.39 is 0 Å². The van der Waals surface area contributed by atoms with Crippen LogP contribution in [-0.4, -0.2) is 50.5 Å². The van der Waals surface area contributed by atoms with Crippen molar-refractivity contribution in [3.8, 4) is 5.69 Å². The molecule has 6 rings (SSSR count). The lowest BCUT2D eigenvalue weighted by atomic mass is 9.79. The van der Waals surface area contributed by atoms with E-state index in [-0.39, 0.29) is 17.0 Å². The SMILES string of the molecule is Cn1ccc(C(=O)N2CCC3(CC2)C[C@@]2(CO3)Nc3cc(Cl)ccc3-n3cccc32)n1. The van der Waals surface area contributed by atoms with E-state index >= 15 is 0 Å². The average Bonchev–Trinajstić information content (AvgIpc) is 3.49. The van der Waals surface area contributed by atoms with E-state index in [0.29, 0.717) is 30.4 Å². The Bertz CT molecular complexity index is 1180. The number of likely N-dealkylation sites (tertiary alicyclic amines) is 1. The topological polar surface area (TPSA) is 64.3 Å². The Kier molecular flexibility index (Phi) is 4.04. The van der Waals surface area contributed by atoms with E-state index in [9.17, 15) is 4.79 Å². The van der Waals surface area contributed by atoms with E-state index in [2.05, 4.69) is 33.3 Å². The Morgan fingerprint density at radius 1 is 1.19 bits per heavy atom. The van der Waals surface area contributed by atoms with E-state index in [1.807, 2.05) is 30.1 Å². The number of halogens is 1. The number of nitrogens with zero attached hydrogens (tertiary/aromatic N) is 4. The zero-order valence-corrected chi connectivity index (χ0v) is 18.1. The van der Waals surface area contributed by atoms with Crippen molar-refractivity contribution in [2.75, 3.05) is 25.0 Å². The summed E-state index contributed by atoms with van der Waals surface area (Å²) in [5.74, 6) is -0.00334. The van der Waals surface area contributed by atoms with Crippen LogP contribution in [-0.2, 0) is 17.3 Å². The summed E-state index contributed by atoms with van der Waals surface area (Å²) in [4.78, 5) is 14.7. The summed E-state index contributed by atoms with van der Waals surface area (Å²) in [6.45, 7) is 1.95. The highest BCUT2D eigenvalue weighted by molar-refractivity contribution is 6.31. The number of aromatic nitrogens is 3. The number of carbonyl (C=O) groups excluding carboxylic acids is 1. The second-order valence-electron chi connectivity index (χ2n) is 8.95. The van der Waals surface area contributed by atoms with Gasteiger partial charge < -0.3 is 19.5 Å². The largest absolute Gasteiger partial charge is 0.372 e. The van der Waals surface area contributed by atoms with Gasteiger partial charge in [0.1, 0.15) is 11.2 Å². The minimum Gasteiger partial charge on any atom is -0.372 e. The van der Waals surface area contributed by atoms with Crippen LogP contribution in [0.5, 0.6) is 0 Å². The second kappa shape index (κ2) is 6.61. The molecule has 1 amide bonds. The van der Waals surface area contributed by atoms with Crippen LogP contribution >= 0.6 is 11.6 Å². The molecule has 2 aromatic heterocycles. The van der Waals surface area contributed by atoms with Crippen LogP contribution in [0.2, 0.25) is 5.02 Å². The van der Waals surface area contributed by atoms with Crippen LogP contribution in [0.4, 0.5) is 5.69 Å². The van der Waals surface area contributed by atoms with Crippen molar-refractivity contribution in [1.29, 1.82) is 0 Å². The summed E-state index contributed by atoms with van der Waals surface area (Å²) in [5.41, 5.74) is 3.31. The van der Waals surface area contributed by atoms with E-state index in [1.165, 1.54) is 5.69 Å². The highest BCUT2D eigenvalue weighted by atomic mass is 35.5. The molecular weight excluding hydrogens is 414 g/mol. The molecule has 3 aromatic rings. The summed E-state index contributed by atoms with van der Waals surface area (Å²) in [6.07, 6.45) is 6.40. The number of hydrogen-bond donors (Lipinski definition) is 1. The van der Waals surface area contributed by atoms with E-state index in [1.54, 1.807) is 16.9 Å². The maximum atomic E-state index is 12.8. The smallest absolute Gasteiger partial charge is 0.274 e. The standard InChI is InChI=1S/C23H24ClN5O2/c1-27-10-6-17(26-27)21(30)28-11-7-22(8-12-28)14-23(15-31-22)20-3-2-9-29(20)19-5-4-16(24)13-18(19)25-23/h2-6,9-10,13,25H,7-8,11-12,14-15H2,1H3/t23-/m0/s1. The molecule has 3 aliphatic rings. The number of fused-ring (bicyclic) bond motifs is 4. The molecule has 1 atom stereocenters. The quantitative estimate of drug-likeness (QED) is 0.632. The first-order valence-electron chi connectivity index (χ1n) is 10.7. The minimum atomic E-state index is -0.297. The van der Waals surface area contributed by atoms with Crippen LogP contribution in [0, 0.1) is 0 Å². The van der Waals surface area contributed by atoms with Crippen LogP contribution in [0.25, 0.3) is 5.69 Å². The van der Waals surface area contributed by atoms with Crippen LogP contribution in [0.3, 0.4) is 0 Å². The Labute approximate surface area is 185 Å². The number of benzene rings is 1. The van der Waals surface area contributed by atoms with Gasteiger partial charge in [0.2, 0.25) is 0 Å². The van der Waals surface area contributed by atoms with Crippen molar-refractivity contribution in [2.24, 2.45) is 7.05 Å². The van der Waals surface area contributed by atoms with Gasteiger partial charge in [-0.1, -0.05) is 11.6 Å². The average molecular weight is 438 g/mol. The molecule has 8 heteroatoms. The third-order valence-electron chi connectivity index (χ3n) is 6.97. The fraction of sp³-hybridized carbons (Fsp3) is 0.391. The number of hydrogen-bond acceptors (Lipinski definition) is 4. The molecular formula is C23H24ClN5O2. The fourth-order valence-electron chi connectivity index (χ4n) is 5.42. The summed E-state index contributed by atoms with van der Waals surface area (Å²) < 4.78 is 10.4. The molecule has 160 valence electrons. The normalized spacial score (nSPS) is 23.6.